The monoisotopic (exact) mass is 362 g/mol. The molecule has 0 saturated carbocycles. The number of anilines is 1. The second-order valence-corrected chi connectivity index (χ2v) is 7.36. The van der Waals surface area contributed by atoms with Crippen molar-refractivity contribution in [3.05, 3.63) is 28.7 Å². The van der Waals surface area contributed by atoms with Crippen LogP contribution < -0.4 is 9.62 Å². The van der Waals surface area contributed by atoms with Crippen LogP contribution in [-0.2, 0) is 14.8 Å². The Morgan fingerprint density at radius 2 is 2.00 bits per heavy atom. The zero-order chi connectivity index (χ0) is 15.3. The number of halogens is 1. The zero-order valence-electron chi connectivity index (χ0n) is 11.8. The molecule has 0 unspecified atom stereocenters. The van der Waals surface area contributed by atoms with Crippen molar-refractivity contribution >= 4 is 37.5 Å². The minimum absolute atomic E-state index is 0.0168. The molecule has 1 rings (SSSR count). The molecule has 0 spiro atoms. The molecule has 5 nitrogen and oxygen atoms in total. The van der Waals surface area contributed by atoms with Gasteiger partial charge in [-0.1, -0.05) is 19.1 Å². The summed E-state index contributed by atoms with van der Waals surface area (Å²) in [5.74, 6) is -0.319. The summed E-state index contributed by atoms with van der Waals surface area (Å²) in [6, 6.07) is 6.92. The van der Waals surface area contributed by atoms with Gasteiger partial charge < -0.3 is 5.32 Å². The molecule has 0 radical (unpaired) electrons. The molecule has 112 valence electrons. The Labute approximate surface area is 128 Å². The number of sulfonamides is 1. The first kappa shape index (κ1) is 17.0. The highest BCUT2D eigenvalue weighted by Gasteiger charge is 2.22. The van der Waals surface area contributed by atoms with Crippen LogP contribution in [0.15, 0.2) is 28.7 Å². The Balaban J connectivity index is 2.99. The number of nitrogens with one attached hydrogen (secondary N) is 1. The van der Waals surface area contributed by atoms with E-state index in [-0.39, 0.29) is 18.5 Å². The maximum atomic E-state index is 11.9. The average molecular weight is 363 g/mol. The van der Waals surface area contributed by atoms with Gasteiger partial charge in [0.25, 0.3) is 0 Å². The molecular formula is C13H19BrN2O3S. The fourth-order valence-electron chi connectivity index (χ4n) is 1.59. The van der Waals surface area contributed by atoms with Crippen molar-refractivity contribution in [2.45, 2.75) is 26.3 Å². The number of hydrogen-bond donors (Lipinski definition) is 1. The van der Waals surface area contributed by atoms with Gasteiger partial charge in [0.05, 0.1) is 11.9 Å². The predicted molar refractivity (Wildman–Crippen MR) is 84.2 cm³/mol. The highest BCUT2D eigenvalue weighted by atomic mass is 79.9. The average Bonchev–Trinajstić information content (AvgIpc) is 2.35. The van der Waals surface area contributed by atoms with Crippen molar-refractivity contribution in [2.24, 2.45) is 0 Å². The predicted octanol–water partition coefficient (Wildman–Crippen LogP) is 2.13. The summed E-state index contributed by atoms with van der Waals surface area (Å²) in [5.41, 5.74) is 0.453. The summed E-state index contributed by atoms with van der Waals surface area (Å²) < 4.78 is 25.5. The molecule has 0 saturated heterocycles. The van der Waals surface area contributed by atoms with Gasteiger partial charge in [-0.2, -0.15) is 0 Å². The third-order valence-electron chi connectivity index (χ3n) is 2.83. The molecule has 1 aromatic rings. The standard InChI is InChI=1S/C13H19BrN2O3S/c1-4-10(2)15-13(17)9-16(20(3,18)19)12-8-6-5-7-11(12)14/h5-8,10H,4,9H2,1-3H3,(H,15,17)/t10-/m1/s1. The SMILES string of the molecule is CC[C@@H](C)NC(=O)CN(c1ccccc1Br)S(C)(=O)=O. The lowest BCUT2D eigenvalue weighted by Gasteiger charge is -2.23. The van der Waals surface area contributed by atoms with Crippen LogP contribution in [-0.4, -0.2) is 33.2 Å². The lowest BCUT2D eigenvalue weighted by atomic mass is 10.2. The molecule has 1 aromatic carbocycles. The van der Waals surface area contributed by atoms with E-state index < -0.39 is 10.0 Å². The zero-order valence-corrected chi connectivity index (χ0v) is 14.2. The van der Waals surface area contributed by atoms with Gasteiger partial charge in [-0.25, -0.2) is 8.42 Å². The van der Waals surface area contributed by atoms with Crippen molar-refractivity contribution in [3.8, 4) is 0 Å². The Morgan fingerprint density at radius 3 is 2.50 bits per heavy atom. The number of amides is 1. The minimum Gasteiger partial charge on any atom is -0.352 e. The lowest BCUT2D eigenvalue weighted by molar-refractivity contribution is -0.120. The second kappa shape index (κ2) is 7.08. The van der Waals surface area contributed by atoms with E-state index in [1.165, 1.54) is 0 Å². The number of carbonyl (C=O) groups is 1. The van der Waals surface area contributed by atoms with Crippen molar-refractivity contribution in [3.63, 3.8) is 0 Å². The fourth-order valence-corrected chi connectivity index (χ4v) is 3.07. The molecule has 0 aliphatic rings. The molecule has 7 heteroatoms. The summed E-state index contributed by atoms with van der Waals surface area (Å²) >= 11 is 3.31. The van der Waals surface area contributed by atoms with Gasteiger partial charge in [0.15, 0.2) is 0 Å². The van der Waals surface area contributed by atoms with E-state index in [0.717, 1.165) is 17.0 Å². The van der Waals surface area contributed by atoms with Crippen molar-refractivity contribution in [1.29, 1.82) is 0 Å². The van der Waals surface area contributed by atoms with Crippen LogP contribution in [0.1, 0.15) is 20.3 Å². The highest BCUT2D eigenvalue weighted by Crippen LogP contribution is 2.27. The molecule has 0 fully saturated rings. The lowest BCUT2D eigenvalue weighted by Crippen LogP contribution is -2.43. The van der Waals surface area contributed by atoms with Crippen LogP contribution in [0.25, 0.3) is 0 Å². The number of nitrogens with zero attached hydrogens (tertiary/aromatic N) is 1. The molecule has 1 amide bonds. The molecule has 0 bridgehead atoms. The number of carbonyl (C=O) groups excluding carboxylic acids is 1. The van der Waals surface area contributed by atoms with E-state index in [1.54, 1.807) is 24.3 Å². The Kier molecular flexibility index (Phi) is 6.01. The molecule has 0 aliphatic heterocycles. The minimum atomic E-state index is -3.54. The topological polar surface area (TPSA) is 66.5 Å². The van der Waals surface area contributed by atoms with Gasteiger partial charge in [-0.3, -0.25) is 9.10 Å². The molecule has 0 aromatic heterocycles. The van der Waals surface area contributed by atoms with E-state index in [4.69, 9.17) is 0 Å². The quantitative estimate of drug-likeness (QED) is 0.842. The summed E-state index contributed by atoms with van der Waals surface area (Å²) in [4.78, 5) is 11.9. The molecule has 1 N–H and O–H groups in total. The van der Waals surface area contributed by atoms with E-state index in [2.05, 4.69) is 21.2 Å². The number of rotatable bonds is 6. The molecule has 1 atom stereocenters. The first-order valence-electron chi connectivity index (χ1n) is 6.27. The largest absolute Gasteiger partial charge is 0.352 e. The van der Waals surface area contributed by atoms with Crippen LogP contribution in [0.3, 0.4) is 0 Å². The summed E-state index contributed by atoms with van der Waals surface area (Å²) in [6.07, 6.45) is 1.88. The van der Waals surface area contributed by atoms with E-state index in [0.29, 0.717) is 10.2 Å². The Morgan fingerprint density at radius 1 is 1.40 bits per heavy atom. The normalized spacial score (nSPS) is 12.8. The van der Waals surface area contributed by atoms with Crippen molar-refractivity contribution < 1.29 is 13.2 Å². The van der Waals surface area contributed by atoms with Gasteiger partial charge in [0.2, 0.25) is 15.9 Å². The van der Waals surface area contributed by atoms with E-state index in [1.807, 2.05) is 13.8 Å². The first-order chi connectivity index (χ1) is 9.25. The summed E-state index contributed by atoms with van der Waals surface area (Å²) in [7, 11) is -3.54. The number of benzene rings is 1. The first-order valence-corrected chi connectivity index (χ1v) is 8.91. The van der Waals surface area contributed by atoms with Gasteiger partial charge in [0, 0.05) is 10.5 Å². The fraction of sp³-hybridized carbons (Fsp3) is 0.462. The van der Waals surface area contributed by atoms with Crippen LogP contribution >= 0.6 is 15.9 Å². The summed E-state index contributed by atoms with van der Waals surface area (Å²) in [6.45, 7) is 3.60. The summed E-state index contributed by atoms with van der Waals surface area (Å²) in [5, 5.41) is 2.76. The third kappa shape index (κ3) is 4.79. The van der Waals surface area contributed by atoms with Crippen LogP contribution in [0.2, 0.25) is 0 Å². The Hall–Kier alpha value is -1.08. The number of para-hydroxylation sites is 1. The maximum absolute atomic E-state index is 11.9. The molecule has 0 aliphatic carbocycles. The molecular weight excluding hydrogens is 344 g/mol. The smallest absolute Gasteiger partial charge is 0.240 e. The highest BCUT2D eigenvalue weighted by molar-refractivity contribution is 9.10. The van der Waals surface area contributed by atoms with Gasteiger partial charge in [-0.15, -0.1) is 0 Å². The van der Waals surface area contributed by atoms with Crippen LogP contribution in [0.5, 0.6) is 0 Å². The number of hydrogen-bond acceptors (Lipinski definition) is 3. The van der Waals surface area contributed by atoms with Crippen LogP contribution in [0, 0.1) is 0 Å². The maximum Gasteiger partial charge on any atom is 0.240 e. The van der Waals surface area contributed by atoms with Gasteiger partial charge >= 0.3 is 0 Å². The van der Waals surface area contributed by atoms with Gasteiger partial charge in [0.1, 0.15) is 6.54 Å². The third-order valence-corrected chi connectivity index (χ3v) is 4.63. The van der Waals surface area contributed by atoms with Gasteiger partial charge in [-0.05, 0) is 41.4 Å². The second-order valence-electron chi connectivity index (χ2n) is 4.60. The molecule has 20 heavy (non-hydrogen) atoms. The van der Waals surface area contributed by atoms with Crippen LogP contribution in [0.4, 0.5) is 5.69 Å². The molecule has 0 heterocycles. The van der Waals surface area contributed by atoms with E-state index in [9.17, 15) is 13.2 Å². The van der Waals surface area contributed by atoms with Crippen molar-refractivity contribution in [1.82, 2.24) is 5.32 Å². The van der Waals surface area contributed by atoms with E-state index >= 15 is 0 Å². The Bertz CT molecular complexity index is 575. The van der Waals surface area contributed by atoms with Crippen molar-refractivity contribution in [2.75, 3.05) is 17.1 Å².